The number of carbonyl (C=O) groups is 2. The zero-order chi connectivity index (χ0) is 28.7. The summed E-state index contributed by atoms with van der Waals surface area (Å²) in [5.41, 5.74) is 13.6. The van der Waals surface area contributed by atoms with E-state index in [1.807, 2.05) is 24.3 Å². The molecule has 39 heavy (non-hydrogen) atoms. The monoisotopic (exact) mass is 575 g/mol. The molecule has 5 N–H and O–H groups in total. The molecule has 12 heteroatoms. The number of alkyl halides is 1. The van der Waals surface area contributed by atoms with Crippen LogP contribution in [0.15, 0.2) is 66.3 Å². The number of benzene rings is 2. The van der Waals surface area contributed by atoms with Gasteiger partial charge in [0.25, 0.3) is 0 Å². The maximum absolute atomic E-state index is 14.7. The van der Waals surface area contributed by atoms with Crippen molar-refractivity contribution in [3.05, 3.63) is 94.6 Å². The van der Waals surface area contributed by atoms with Gasteiger partial charge in [-0.15, -0.1) is 22.9 Å². The zero-order valence-corrected chi connectivity index (χ0v) is 23.1. The average molecular weight is 576 g/mol. The van der Waals surface area contributed by atoms with E-state index in [1.54, 1.807) is 7.05 Å². The second-order valence-electron chi connectivity index (χ2n) is 8.20. The van der Waals surface area contributed by atoms with E-state index in [4.69, 9.17) is 27.8 Å². The van der Waals surface area contributed by atoms with Gasteiger partial charge in [0.15, 0.2) is 12.2 Å². The molecular weight excluding hydrogens is 548 g/mol. The second kappa shape index (κ2) is 13.1. The lowest BCUT2D eigenvalue weighted by atomic mass is 10.1. The third-order valence-corrected chi connectivity index (χ3v) is 7.48. The van der Waals surface area contributed by atoms with Crippen molar-refractivity contribution in [2.75, 3.05) is 31.4 Å². The fraction of sp³-hybridized carbons (Fsp3) is 0.185. The van der Waals surface area contributed by atoms with Gasteiger partial charge in [0.1, 0.15) is 22.5 Å². The minimum atomic E-state index is -0.848. The largest absolute Gasteiger partial charge is 0.483 e. The zero-order valence-electron chi connectivity index (χ0n) is 21.5. The van der Waals surface area contributed by atoms with Gasteiger partial charge in [0.05, 0.1) is 19.2 Å². The lowest BCUT2D eigenvalue weighted by Crippen LogP contribution is -2.42. The standard InChI is InChI=1S/C27H28ClF2N5O3S/c1-33-17-9-7-16(8-10-17)25-18(13-28)20(15-36)26(39-25)35(14-19-21(29)5-4-6-22(19)30)27(37)34(2)23(31)11-12-24(32)38-3/h4-12,15,33H,13-14,31-32H2,1-3H3/b23-11+,24-12+. The Labute approximate surface area is 234 Å². The van der Waals surface area contributed by atoms with Crippen molar-refractivity contribution < 1.29 is 23.1 Å². The van der Waals surface area contributed by atoms with Crippen LogP contribution in [0.4, 0.5) is 24.3 Å². The fourth-order valence-electron chi connectivity index (χ4n) is 3.65. The average Bonchev–Trinajstić information content (AvgIpc) is 3.33. The molecule has 0 unspecified atom stereocenters. The summed E-state index contributed by atoms with van der Waals surface area (Å²) in [5, 5.41) is 3.19. The number of carbonyl (C=O) groups excluding carboxylic acids is 2. The maximum Gasteiger partial charge on any atom is 0.330 e. The molecule has 8 nitrogen and oxygen atoms in total. The number of aldehydes is 1. The van der Waals surface area contributed by atoms with Crippen molar-refractivity contribution in [3.63, 3.8) is 0 Å². The molecule has 2 aromatic carbocycles. The first-order chi connectivity index (χ1) is 18.7. The van der Waals surface area contributed by atoms with Crippen LogP contribution in [0.2, 0.25) is 0 Å². The smallest absolute Gasteiger partial charge is 0.330 e. The van der Waals surface area contributed by atoms with Crippen molar-refractivity contribution in [3.8, 4) is 10.4 Å². The van der Waals surface area contributed by atoms with Gasteiger partial charge in [-0.25, -0.2) is 13.6 Å². The van der Waals surface area contributed by atoms with Gasteiger partial charge in [0.2, 0.25) is 0 Å². The van der Waals surface area contributed by atoms with E-state index in [0.29, 0.717) is 16.7 Å². The number of nitrogens with zero attached hydrogens (tertiary/aromatic N) is 2. The number of amides is 2. The number of rotatable bonds is 10. The van der Waals surface area contributed by atoms with E-state index < -0.39 is 24.2 Å². The van der Waals surface area contributed by atoms with Crippen molar-refractivity contribution in [1.82, 2.24) is 4.90 Å². The number of nitrogens with two attached hydrogens (primary N) is 2. The normalized spacial score (nSPS) is 11.7. The second-order valence-corrected chi connectivity index (χ2v) is 9.47. The van der Waals surface area contributed by atoms with Crippen LogP contribution in [0, 0.1) is 11.6 Å². The van der Waals surface area contributed by atoms with Gasteiger partial charge in [-0.1, -0.05) is 18.2 Å². The summed E-state index contributed by atoms with van der Waals surface area (Å²) in [4.78, 5) is 28.9. The highest BCUT2D eigenvalue weighted by atomic mass is 35.5. The first-order valence-electron chi connectivity index (χ1n) is 11.6. The molecule has 1 aromatic heterocycles. The number of anilines is 2. The lowest BCUT2D eigenvalue weighted by molar-refractivity contribution is 0.112. The number of halogens is 3. The number of hydrogen-bond donors (Lipinski definition) is 3. The minimum absolute atomic E-state index is 0.0383. The van der Waals surface area contributed by atoms with Gasteiger partial charge in [-0.2, -0.15) is 0 Å². The van der Waals surface area contributed by atoms with E-state index in [0.717, 1.165) is 44.5 Å². The predicted octanol–water partition coefficient (Wildman–Crippen LogP) is 5.59. The summed E-state index contributed by atoms with van der Waals surface area (Å²) < 4.78 is 34.3. The third-order valence-electron chi connectivity index (χ3n) is 5.90. The van der Waals surface area contributed by atoms with Crippen LogP contribution < -0.4 is 21.7 Å². The predicted molar refractivity (Wildman–Crippen MR) is 151 cm³/mol. The fourth-order valence-corrected chi connectivity index (χ4v) is 5.29. The Bertz CT molecular complexity index is 1390. The Balaban J connectivity index is 2.19. The van der Waals surface area contributed by atoms with Crippen LogP contribution in [0.1, 0.15) is 21.5 Å². The van der Waals surface area contributed by atoms with Gasteiger partial charge in [-0.3, -0.25) is 14.6 Å². The molecule has 3 rings (SSSR count). The molecule has 0 spiro atoms. The Morgan fingerprint density at radius 3 is 2.28 bits per heavy atom. The SMILES string of the molecule is CNc1ccc(-c2sc(N(Cc3c(F)cccc3F)C(=O)N(C)/C(N)=C/C=C(\N)OC)c(C=O)c2CCl)cc1. The number of urea groups is 1. The number of nitrogens with one attached hydrogen (secondary N) is 1. The molecule has 1 heterocycles. The van der Waals surface area contributed by atoms with E-state index in [1.165, 1.54) is 32.4 Å². The van der Waals surface area contributed by atoms with Gasteiger partial charge in [0, 0.05) is 42.2 Å². The highest BCUT2D eigenvalue weighted by Gasteiger charge is 2.30. The summed E-state index contributed by atoms with van der Waals surface area (Å²) >= 11 is 7.38. The lowest BCUT2D eigenvalue weighted by Gasteiger charge is -2.28. The first-order valence-corrected chi connectivity index (χ1v) is 12.9. The van der Waals surface area contributed by atoms with Gasteiger partial charge in [-0.05, 0) is 41.5 Å². The molecule has 2 amide bonds. The number of methoxy groups -OCH3 is 1. The van der Waals surface area contributed by atoms with E-state index >= 15 is 0 Å². The molecule has 0 bridgehead atoms. The summed E-state index contributed by atoms with van der Waals surface area (Å²) in [5.74, 6) is -1.73. The Kier molecular flexibility index (Phi) is 9.91. The van der Waals surface area contributed by atoms with Crippen LogP contribution in [-0.2, 0) is 17.2 Å². The van der Waals surface area contributed by atoms with E-state index in [9.17, 15) is 18.4 Å². The maximum atomic E-state index is 14.7. The van der Waals surface area contributed by atoms with Crippen molar-refractivity contribution in [1.29, 1.82) is 0 Å². The number of ether oxygens (including phenoxy) is 1. The molecule has 3 aromatic rings. The minimum Gasteiger partial charge on any atom is -0.483 e. The summed E-state index contributed by atoms with van der Waals surface area (Å²) in [6.07, 6.45) is 3.27. The topological polar surface area (TPSA) is 114 Å². The van der Waals surface area contributed by atoms with Crippen molar-refractivity contribution in [2.45, 2.75) is 12.4 Å². The molecule has 0 aliphatic carbocycles. The first kappa shape index (κ1) is 29.5. The highest BCUT2D eigenvalue weighted by Crippen LogP contribution is 2.43. The van der Waals surface area contributed by atoms with Crippen molar-refractivity contribution >= 4 is 45.9 Å². The number of thiophene rings is 1. The summed E-state index contributed by atoms with van der Waals surface area (Å²) in [7, 11) is 4.53. The third kappa shape index (κ3) is 6.50. The van der Waals surface area contributed by atoms with Crippen LogP contribution in [0.5, 0.6) is 0 Å². The summed E-state index contributed by atoms with van der Waals surface area (Å²) in [6, 6.07) is 10.0. The molecule has 0 aliphatic rings. The quantitative estimate of drug-likeness (QED) is 0.126. The number of allylic oxidation sites excluding steroid dienone is 2. The molecule has 0 aliphatic heterocycles. The summed E-state index contributed by atoms with van der Waals surface area (Å²) in [6.45, 7) is -0.522. The van der Waals surface area contributed by atoms with Crippen LogP contribution in [-0.4, -0.2) is 38.4 Å². The molecule has 0 saturated heterocycles. The van der Waals surface area contributed by atoms with Crippen molar-refractivity contribution in [2.24, 2.45) is 11.5 Å². The van der Waals surface area contributed by atoms with Gasteiger partial charge >= 0.3 is 6.03 Å². The Morgan fingerprint density at radius 2 is 1.74 bits per heavy atom. The van der Waals surface area contributed by atoms with Crippen LogP contribution in [0.25, 0.3) is 10.4 Å². The van der Waals surface area contributed by atoms with Crippen LogP contribution in [0.3, 0.4) is 0 Å². The van der Waals surface area contributed by atoms with E-state index in [2.05, 4.69) is 5.32 Å². The number of hydrogen-bond acceptors (Lipinski definition) is 7. The molecule has 0 saturated carbocycles. The Hall–Kier alpha value is -4.09. The van der Waals surface area contributed by atoms with Gasteiger partial charge < -0.3 is 21.5 Å². The highest BCUT2D eigenvalue weighted by molar-refractivity contribution is 7.20. The molecule has 0 fully saturated rings. The van der Waals surface area contributed by atoms with Crippen LogP contribution >= 0.6 is 22.9 Å². The molecule has 0 radical (unpaired) electrons. The van der Waals surface area contributed by atoms with E-state index in [-0.39, 0.29) is 33.7 Å². The molecule has 206 valence electrons. The Morgan fingerprint density at radius 1 is 1.10 bits per heavy atom. The molecule has 0 atom stereocenters. The molecular formula is C27H28ClF2N5O3S.